The summed E-state index contributed by atoms with van der Waals surface area (Å²) in [6, 6.07) is 60.8. The Morgan fingerprint density at radius 3 is 2.06 bits per heavy atom. The van der Waals surface area contributed by atoms with Crippen LogP contribution in [0, 0.1) is 0 Å². The van der Waals surface area contributed by atoms with Gasteiger partial charge in [0.2, 0.25) is 0 Å². The van der Waals surface area contributed by atoms with Gasteiger partial charge in [0.1, 0.15) is 16.2 Å². The number of nitrogens with zero attached hydrogens (tertiary/aromatic N) is 2. The second-order valence-electron chi connectivity index (χ2n) is 13.1. The van der Waals surface area contributed by atoms with Gasteiger partial charge in [-0.25, -0.2) is 4.98 Å². The lowest BCUT2D eigenvalue weighted by Gasteiger charge is -2.26. The summed E-state index contributed by atoms with van der Waals surface area (Å²) in [6.45, 7) is 0. The maximum Gasteiger partial charge on any atom is 0.137 e. The maximum atomic E-state index is 6.61. The molecule has 3 nitrogen and oxygen atoms in total. The lowest BCUT2D eigenvalue weighted by atomic mass is 9.98. The van der Waals surface area contributed by atoms with Crippen molar-refractivity contribution in [1.29, 1.82) is 0 Å². The Bertz CT molecular complexity index is 3130. The van der Waals surface area contributed by atoms with Gasteiger partial charge in [0.15, 0.2) is 0 Å². The van der Waals surface area contributed by atoms with Crippen LogP contribution in [-0.4, -0.2) is 4.98 Å². The van der Waals surface area contributed by atoms with Crippen molar-refractivity contribution < 1.29 is 4.42 Å². The van der Waals surface area contributed by atoms with E-state index in [1.807, 2.05) is 17.4 Å². The number of fused-ring (bicyclic) bond motifs is 9. The van der Waals surface area contributed by atoms with Crippen molar-refractivity contribution in [2.45, 2.75) is 0 Å². The molecule has 0 amide bonds. The third kappa shape index (κ3) is 4.67. The minimum Gasteiger partial charge on any atom is -0.456 e. The van der Waals surface area contributed by atoms with E-state index in [4.69, 9.17) is 9.40 Å². The number of rotatable bonds is 5. The molecule has 5 heteroatoms. The van der Waals surface area contributed by atoms with Crippen molar-refractivity contribution in [3.63, 3.8) is 0 Å². The summed E-state index contributed by atoms with van der Waals surface area (Å²) in [4.78, 5) is 7.48. The summed E-state index contributed by atoms with van der Waals surface area (Å²) in [7, 11) is 0. The van der Waals surface area contributed by atoms with Crippen LogP contribution < -0.4 is 4.90 Å². The van der Waals surface area contributed by atoms with E-state index in [-0.39, 0.29) is 0 Å². The molecule has 8 aromatic carbocycles. The minimum atomic E-state index is 0.841. The third-order valence-corrected chi connectivity index (χ3v) is 12.3. The van der Waals surface area contributed by atoms with E-state index in [0.717, 1.165) is 59.8 Å². The molecule has 3 aromatic heterocycles. The highest BCUT2D eigenvalue weighted by Crippen LogP contribution is 2.44. The van der Waals surface area contributed by atoms with Crippen molar-refractivity contribution in [2.24, 2.45) is 0 Å². The number of thiazole rings is 1. The molecular weight excluding hydrogens is 673 g/mol. The Kier molecular flexibility index (Phi) is 6.59. The third-order valence-electron chi connectivity index (χ3n) is 10.1. The summed E-state index contributed by atoms with van der Waals surface area (Å²) in [5.74, 6) is 0. The zero-order chi connectivity index (χ0) is 34.2. The average molecular weight is 701 g/mol. The van der Waals surface area contributed by atoms with E-state index in [0.29, 0.717) is 0 Å². The van der Waals surface area contributed by atoms with Gasteiger partial charge in [0, 0.05) is 54.3 Å². The maximum absolute atomic E-state index is 6.61. The lowest BCUT2D eigenvalue weighted by molar-refractivity contribution is 0.669. The molecule has 0 spiro atoms. The Morgan fingerprint density at radius 2 is 1.15 bits per heavy atom. The van der Waals surface area contributed by atoms with Gasteiger partial charge in [-0.2, -0.15) is 0 Å². The van der Waals surface area contributed by atoms with Crippen LogP contribution in [0.2, 0.25) is 0 Å². The van der Waals surface area contributed by atoms with Gasteiger partial charge in [-0.05, 0) is 82.6 Å². The molecule has 0 saturated carbocycles. The van der Waals surface area contributed by atoms with Crippen LogP contribution in [0.25, 0.3) is 84.8 Å². The van der Waals surface area contributed by atoms with E-state index in [1.165, 1.54) is 42.1 Å². The number of benzene rings is 8. The number of thiophene rings is 1. The fourth-order valence-electron chi connectivity index (χ4n) is 7.65. The highest BCUT2D eigenvalue weighted by Gasteiger charge is 2.20. The first kappa shape index (κ1) is 29.5. The molecular formula is C47H28N2OS2. The van der Waals surface area contributed by atoms with Gasteiger partial charge in [-0.3, -0.25) is 0 Å². The van der Waals surface area contributed by atoms with Crippen LogP contribution in [0.5, 0.6) is 0 Å². The first-order valence-electron chi connectivity index (χ1n) is 17.4. The molecule has 52 heavy (non-hydrogen) atoms. The van der Waals surface area contributed by atoms with Gasteiger partial charge in [0.25, 0.3) is 0 Å². The van der Waals surface area contributed by atoms with E-state index in [1.54, 1.807) is 11.3 Å². The monoisotopic (exact) mass is 700 g/mol. The molecule has 244 valence electrons. The predicted molar refractivity (Wildman–Crippen MR) is 223 cm³/mol. The van der Waals surface area contributed by atoms with Crippen molar-refractivity contribution >= 4 is 103 Å². The summed E-state index contributed by atoms with van der Waals surface area (Å²) in [6.07, 6.45) is 0. The van der Waals surface area contributed by atoms with Crippen LogP contribution >= 0.6 is 22.7 Å². The van der Waals surface area contributed by atoms with Crippen LogP contribution in [-0.2, 0) is 0 Å². The van der Waals surface area contributed by atoms with Crippen molar-refractivity contribution in [3.05, 3.63) is 170 Å². The van der Waals surface area contributed by atoms with Gasteiger partial charge in [0.05, 0.1) is 15.6 Å². The highest BCUT2D eigenvalue weighted by molar-refractivity contribution is 7.25. The van der Waals surface area contributed by atoms with Crippen molar-refractivity contribution in [2.75, 3.05) is 4.90 Å². The van der Waals surface area contributed by atoms with Gasteiger partial charge >= 0.3 is 0 Å². The first-order chi connectivity index (χ1) is 25.7. The van der Waals surface area contributed by atoms with E-state index >= 15 is 0 Å². The smallest absolute Gasteiger partial charge is 0.137 e. The van der Waals surface area contributed by atoms with Crippen LogP contribution in [0.15, 0.2) is 174 Å². The summed E-state index contributed by atoms with van der Waals surface area (Å²) in [5.41, 5.74) is 9.43. The Labute approximate surface area is 307 Å². The van der Waals surface area contributed by atoms with Crippen LogP contribution in [0.4, 0.5) is 17.1 Å². The molecule has 0 radical (unpaired) electrons. The molecule has 3 heterocycles. The number of hydrogen-bond donors (Lipinski definition) is 0. The Hall–Kier alpha value is -6.27. The van der Waals surface area contributed by atoms with Crippen LogP contribution in [0.1, 0.15) is 0 Å². The largest absolute Gasteiger partial charge is 0.456 e. The molecule has 11 rings (SSSR count). The summed E-state index contributed by atoms with van der Waals surface area (Å²) in [5, 5.41) is 8.20. The lowest BCUT2D eigenvalue weighted by Crippen LogP contribution is -2.09. The molecule has 0 atom stereocenters. The standard InChI is InChI=1S/C47H28N2OS2/c1-2-10-31(11-3-1)47-48-46-44(52-47)26-24-40-45(46)38-23-21-34(28-41(38)50-40)49(33-22-25-43-39(27-33)37-14-6-7-16-42(37)51-43)32-19-17-30(18-20-32)36-15-8-12-29-9-4-5-13-35(29)36/h1-28H. The summed E-state index contributed by atoms with van der Waals surface area (Å²) < 4.78 is 10.3. The molecule has 0 bridgehead atoms. The van der Waals surface area contributed by atoms with E-state index < -0.39 is 0 Å². The minimum absolute atomic E-state index is 0.841. The fourth-order valence-corrected chi connectivity index (χ4v) is 9.72. The van der Waals surface area contributed by atoms with Gasteiger partial charge < -0.3 is 9.32 Å². The normalized spacial score (nSPS) is 11.8. The van der Waals surface area contributed by atoms with E-state index in [2.05, 4.69) is 169 Å². The number of aromatic nitrogens is 1. The quantitative estimate of drug-likeness (QED) is 0.179. The zero-order valence-electron chi connectivity index (χ0n) is 27.8. The average Bonchev–Trinajstić information content (AvgIpc) is 3.91. The number of hydrogen-bond acceptors (Lipinski definition) is 5. The molecule has 0 unspecified atom stereocenters. The molecule has 0 fully saturated rings. The van der Waals surface area contributed by atoms with Crippen molar-refractivity contribution in [1.82, 2.24) is 4.98 Å². The highest BCUT2D eigenvalue weighted by atomic mass is 32.1. The van der Waals surface area contributed by atoms with Crippen LogP contribution in [0.3, 0.4) is 0 Å². The predicted octanol–water partition coefficient (Wildman–Crippen LogP) is 14.5. The molecule has 11 aromatic rings. The summed E-state index contributed by atoms with van der Waals surface area (Å²) >= 11 is 3.56. The molecule has 0 aliphatic rings. The second-order valence-corrected chi connectivity index (χ2v) is 15.3. The first-order valence-corrected chi connectivity index (χ1v) is 19.0. The molecule has 0 aliphatic heterocycles. The number of anilines is 3. The van der Waals surface area contributed by atoms with Crippen molar-refractivity contribution in [3.8, 4) is 21.7 Å². The number of furan rings is 1. The molecule has 0 N–H and O–H groups in total. The van der Waals surface area contributed by atoms with E-state index in [9.17, 15) is 0 Å². The Balaban J connectivity index is 1.08. The topological polar surface area (TPSA) is 29.3 Å². The molecule has 0 saturated heterocycles. The molecule has 0 aliphatic carbocycles. The van der Waals surface area contributed by atoms with Gasteiger partial charge in [-0.15, -0.1) is 22.7 Å². The Morgan fingerprint density at radius 1 is 0.442 bits per heavy atom. The zero-order valence-corrected chi connectivity index (χ0v) is 29.4. The second kappa shape index (κ2) is 11.6. The fraction of sp³-hybridized carbons (Fsp3) is 0. The van der Waals surface area contributed by atoms with Gasteiger partial charge in [-0.1, -0.05) is 103 Å². The SMILES string of the molecule is c1ccc(-c2nc3c(ccc4oc5cc(N(c6ccc(-c7cccc8ccccc78)cc6)c6ccc7sc8ccccc8c7c6)ccc5c43)s2)cc1.